The highest BCUT2D eigenvalue weighted by molar-refractivity contribution is 5.68. The molecule has 2 atom stereocenters. The van der Waals surface area contributed by atoms with Crippen LogP contribution in [0, 0.1) is 5.92 Å². The van der Waals surface area contributed by atoms with Crippen LogP contribution in [-0.4, -0.2) is 42.4 Å². The molecule has 0 aliphatic carbocycles. The van der Waals surface area contributed by atoms with E-state index in [0.717, 1.165) is 0 Å². The molecule has 1 aliphatic rings. The molecule has 0 saturated carbocycles. The van der Waals surface area contributed by atoms with Gasteiger partial charge in [0.25, 0.3) is 0 Å². The number of ether oxygens (including phenoxy) is 1. The Labute approximate surface area is 106 Å². The Morgan fingerprint density at radius 1 is 1.61 bits per heavy atom. The van der Waals surface area contributed by atoms with E-state index in [9.17, 15) is 9.18 Å². The van der Waals surface area contributed by atoms with Crippen molar-refractivity contribution in [3.8, 4) is 0 Å². The van der Waals surface area contributed by atoms with Crippen molar-refractivity contribution >= 4 is 6.09 Å². The van der Waals surface area contributed by atoms with Gasteiger partial charge in [0.05, 0.1) is 6.54 Å². The fraction of sp³-hybridized carbons (Fsp3) is 0.909. The second kappa shape index (κ2) is 5.91. The van der Waals surface area contributed by atoms with Crippen LogP contribution in [-0.2, 0) is 4.74 Å². The molecular weight excluding hydrogens is 239 g/mol. The molecule has 0 unspecified atom stereocenters. The monoisotopic (exact) mass is 258 g/mol. The predicted molar refractivity (Wildman–Crippen MR) is 64.8 cm³/mol. The van der Waals surface area contributed by atoms with Gasteiger partial charge in [-0.25, -0.2) is 9.18 Å². The molecule has 1 saturated heterocycles. The summed E-state index contributed by atoms with van der Waals surface area (Å²) in [5.74, 6) is -0.306. The van der Waals surface area contributed by atoms with Crippen LogP contribution in [0.4, 0.5) is 9.18 Å². The molecular formula is C11H19FN4O2. The Kier molecular flexibility index (Phi) is 4.78. The molecule has 6 nitrogen and oxygen atoms in total. The van der Waals surface area contributed by atoms with Crippen LogP contribution in [0.3, 0.4) is 0 Å². The first kappa shape index (κ1) is 14.6. The molecule has 0 radical (unpaired) electrons. The van der Waals surface area contributed by atoms with E-state index < -0.39 is 17.9 Å². The van der Waals surface area contributed by atoms with Gasteiger partial charge in [-0.05, 0) is 38.6 Å². The van der Waals surface area contributed by atoms with Gasteiger partial charge in [0.2, 0.25) is 0 Å². The summed E-state index contributed by atoms with van der Waals surface area (Å²) in [5.41, 5.74) is 7.62. The number of nitrogens with zero attached hydrogens (tertiary/aromatic N) is 4. The summed E-state index contributed by atoms with van der Waals surface area (Å²) >= 11 is 0. The first-order valence-corrected chi connectivity index (χ1v) is 5.96. The maximum Gasteiger partial charge on any atom is 0.410 e. The topological polar surface area (TPSA) is 78.3 Å². The van der Waals surface area contributed by atoms with Crippen molar-refractivity contribution in [1.82, 2.24) is 4.90 Å². The molecule has 0 spiro atoms. The lowest BCUT2D eigenvalue weighted by Crippen LogP contribution is -2.47. The molecule has 0 N–H and O–H groups in total. The molecule has 0 aromatic rings. The first-order chi connectivity index (χ1) is 8.33. The van der Waals surface area contributed by atoms with Gasteiger partial charge in [0.15, 0.2) is 0 Å². The largest absolute Gasteiger partial charge is 0.444 e. The lowest BCUT2D eigenvalue weighted by Gasteiger charge is -2.35. The summed E-state index contributed by atoms with van der Waals surface area (Å²) in [5, 5.41) is 3.38. The second-order valence-electron chi connectivity index (χ2n) is 5.40. The van der Waals surface area contributed by atoms with Gasteiger partial charge < -0.3 is 9.64 Å². The van der Waals surface area contributed by atoms with Crippen LogP contribution < -0.4 is 0 Å². The summed E-state index contributed by atoms with van der Waals surface area (Å²) in [7, 11) is 0. The number of piperidine rings is 1. The Morgan fingerprint density at radius 3 is 2.78 bits per heavy atom. The number of hydrogen-bond acceptors (Lipinski definition) is 3. The minimum Gasteiger partial charge on any atom is -0.444 e. The quantitative estimate of drug-likeness (QED) is 0.433. The van der Waals surface area contributed by atoms with Crippen molar-refractivity contribution in [2.24, 2.45) is 11.0 Å². The first-order valence-electron chi connectivity index (χ1n) is 5.96. The number of rotatable bonds is 2. The zero-order valence-corrected chi connectivity index (χ0v) is 11.0. The third kappa shape index (κ3) is 4.41. The number of carbonyl (C=O) groups is 1. The molecule has 102 valence electrons. The Balaban J connectivity index is 2.50. The molecule has 1 fully saturated rings. The summed E-state index contributed by atoms with van der Waals surface area (Å²) in [4.78, 5) is 15.7. The summed E-state index contributed by atoms with van der Waals surface area (Å²) in [6.45, 7) is 5.88. The highest BCUT2D eigenvalue weighted by atomic mass is 19.1. The van der Waals surface area contributed by atoms with E-state index in [4.69, 9.17) is 10.3 Å². The average molecular weight is 258 g/mol. The Bertz CT molecular complexity index is 349. The minimum atomic E-state index is -1.17. The van der Waals surface area contributed by atoms with E-state index in [-0.39, 0.29) is 19.0 Å². The highest BCUT2D eigenvalue weighted by Crippen LogP contribution is 2.22. The van der Waals surface area contributed by atoms with Crippen LogP contribution in [0.5, 0.6) is 0 Å². The van der Waals surface area contributed by atoms with Gasteiger partial charge in [-0.15, -0.1) is 0 Å². The highest BCUT2D eigenvalue weighted by Gasteiger charge is 2.33. The zero-order valence-electron chi connectivity index (χ0n) is 11.0. The fourth-order valence-corrected chi connectivity index (χ4v) is 1.79. The number of likely N-dealkylation sites (tertiary alicyclic amines) is 1. The van der Waals surface area contributed by atoms with E-state index in [0.29, 0.717) is 13.0 Å². The molecule has 1 aliphatic heterocycles. The summed E-state index contributed by atoms with van der Waals surface area (Å²) in [6.07, 6.45) is -1.18. The Hall–Kier alpha value is -1.49. The van der Waals surface area contributed by atoms with Crippen molar-refractivity contribution in [3.05, 3.63) is 10.4 Å². The van der Waals surface area contributed by atoms with E-state index in [1.807, 2.05) is 0 Å². The molecule has 1 amide bonds. The van der Waals surface area contributed by atoms with Crippen LogP contribution in [0.25, 0.3) is 10.4 Å². The van der Waals surface area contributed by atoms with Crippen molar-refractivity contribution in [3.63, 3.8) is 0 Å². The molecule has 0 aromatic carbocycles. The van der Waals surface area contributed by atoms with Gasteiger partial charge in [-0.2, -0.15) is 0 Å². The zero-order chi connectivity index (χ0) is 13.8. The van der Waals surface area contributed by atoms with Crippen LogP contribution in [0.15, 0.2) is 5.11 Å². The summed E-state index contributed by atoms with van der Waals surface area (Å²) < 4.78 is 19.0. The lowest BCUT2D eigenvalue weighted by atomic mass is 9.95. The number of alkyl halides is 1. The number of hydrogen-bond donors (Lipinski definition) is 0. The summed E-state index contributed by atoms with van der Waals surface area (Å²) in [6, 6.07) is 0. The molecule has 7 heteroatoms. The van der Waals surface area contributed by atoms with Crippen LogP contribution in [0.2, 0.25) is 0 Å². The van der Waals surface area contributed by atoms with Gasteiger partial charge in [0.1, 0.15) is 11.8 Å². The minimum absolute atomic E-state index is 0.000524. The second-order valence-corrected chi connectivity index (χ2v) is 5.40. The SMILES string of the molecule is CC(C)(C)OC(=O)N1CC[C@@H](CN=[N+]=[N-])[C@@H](F)C1. The third-order valence-corrected chi connectivity index (χ3v) is 2.71. The lowest BCUT2D eigenvalue weighted by molar-refractivity contribution is 0.00627. The van der Waals surface area contributed by atoms with Gasteiger partial charge in [0, 0.05) is 18.0 Å². The average Bonchev–Trinajstić information content (AvgIpc) is 2.25. The molecule has 0 bridgehead atoms. The van der Waals surface area contributed by atoms with Gasteiger partial charge in [-0.1, -0.05) is 5.11 Å². The maximum absolute atomic E-state index is 13.8. The van der Waals surface area contributed by atoms with E-state index >= 15 is 0 Å². The number of halogens is 1. The van der Waals surface area contributed by atoms with Crippen molar-refractivity contribution in [2.75, 3.05) is 19.6 Å². The third-order valence-electron chi connectivity index (χ3n) is 2.71. The smallest absolute Gasteiger partial charge is 0.410 e. The number of carbonyl (C=O) groups excluding carboxylic acids is 1. The van der Waals surface area contributed by atoms with E-state index in [1.54, 1.807) is 20.8 Å². The number of azide groups is 1. The van der Waals surface area contributed by atoms with Gasteiger partial charge in [-0.3, -0.25) is 0 Å². The van der Waals surface area contributed by atoms with E-state index in [2.05, 4.69) is 10.0 Å². The predicted octanol–water partition coefficient (Wildman–Crippen LogP) is 2.89. The molecule has 1 rings (SSSR count). The van der Waals surface area contributed by atoms with Crippen molar-refractivity contribution in [1.29, 1.82) is 0 Å². The van der Waals surface area contributed by atoms with Crippen molar-refractivity contribution < 1.29 is 13.9 Å². The molecule has 0 aromatic heterocycles. The Morgan fingerprint density at radius 2 is 2.28 bits per heavy atom. The maximum atomic E-state index is 13.8. The standard InChI is InChI=1S/C11H19FN4O2/c1-11(2,3)18-10(17)16-5-4-8(6-14-15-13)9(12)7-16/h8-9H,4-7H2,1-3H3/t8-,9-/m0/s1. The molecule has 1 heterocycles. The fourth-order valence-electron chi connectivity index (χ4n) is 1.79. The van der Waals surface area contributed by atoms with Crippen molar-refractivity contribution in [2.45, 2.75) is 39.0 Å². The molecule has 18 heavy (non-hydrogen) atoms. The van der Waals surface area contributed by atoms with E-state index in [1.165, 1.54) is 4.90 Å². The normalized spacial score (nSPS) is 24.3. The number of amides is 1. The van der Waals surface area contributed by atoms with Crippen LogP contribution in [0.1, 0.15) is 27.2 Å². The van der Waals surface area contributed by atoms with Crippen LogP contribution >= 0.6 is 0 Å². The van der Waals surface area contributed by atoms with Gasteiger partial charge >= 0.3 is 6.09 Å².